The maximum Gasteiger partial charge on any atom is 0.123 e. The number of hydrogen-bond donors (Lipinski definition) is 0. The van der Waals surface area contributed by atoms with Crippen LogP contribution in [0.15, 0.2) is 0 Å². The normalized spacial score (nSPS) is 42.2. The van der Waals surface area contributed by atoms with Crippen LogP contribution in [-0.2, 0) is 4.79 Å². The molecule has 2 atom stereocenters. The zero-order chi connectivity index (χ0) is 4.57. The van der Waals surface area contributed by atoms with Crippen LogP contribution in [-0.4, -0.2) is 6.29 Å². The molecule has 6 heavy (non-hydrogen) atoms. The highest BCUT2D eigenvalue weighted by atomic mass is 16.1. The van der Waals surface area contributed by atoms with Crippen molar-refractivity contribution in [2.24, 2.45) is 11.8 Å². The summed E-state index contributed by atoms with van der Waals surface area (Å²) in [6.45, 7) is 2.04. The molecule has 1 fully saturated rings. The second kappa shape index (κ2) is 1.07. The fraction of sp³-hybridized carbons (Fsp3) is 0.600. The van der Waals surface area contributed by atoms with E-state index in [0.29, 0.717) is 11.8 Å². The molecule has 1 aliphatic carbocycles. The van der Waals surface area contributed by atoms with Crippen molar-refractivity contribution in [2.45, 2.75) is 6.92 Å². The summed E-state index contributed by atoms with van der Waals surface area (Å²) in [6.07, 6.45) is 3.01. The van der Waals surface area contributed by atoms with Gasteiger partial charge in [-0.15, -0.1) is 0 Å². The van der Waals surface area contributed by atoms with Gasteiger partial charge in [0.2, 0.25) is 0 Å². The molecule has 1 saturated carbocycles. The van der Waals surface area contributed by atoms with E-state index in [1.165, 1.54) is 0 Å². The molecule has 0 bridgehead atoms. The Bertz CT molecular complexity index is 68.3. The van der Waals surface area contributed by atoms with Crippen molar-refractivity contribution in [2.75, 3.05) is 0 Å². The third kappa shape index (κ3) is 0.445. The van der Waals surface area contributed by atoms with Crippen LogP contribution in [0, 0.1) is 18.3 Å². The molecule has 1 aliphatic rings. The molecule has 0 aromatic carbocycles. The van der Waals surface area contributed by atoms with E-state index >= 15 is 0 Å². The van der Waals surface area contributed by atoms with Gasteiger partial charge in [-0.25, -0.2) is 0 Å². The Morgan fingerprint density at radius 3 is 2.33 bits per heavy atom. The number of aldehydes is 1. The number of rotatable bonds is 1. The Kier molecular flexibility index (Phi) is 0.685. The summed E-state index contributed by atoms with van der Waals surface area (Å²) in [4.78, 5) is 9.75. The summed E-state index contributed by atoms with van der Waals surface area (Å²) in [7, 11) is 0. The molecule has 0 aromatic rings. The van der Waals surface area contributed by atoms with E-state index < -0.39 is 0 Å². The molecule has 1 rings (SSSR count). The first kappa shape index (κ1) is 3.85. The van der Waals surface area contributed by atoms with E-state index in [1.54, 1.807) is 0 Å². The summed E-state index contributed by atoms with van der Waals surface area (Å²) in [6, 6.07) is 0. The molecule has 0 spiro atoms. The average Bonchev–Trinajstić information content (AvgIpc) is 2.19. The van der Waals surface area contributed by atoms with Crippen LogP contribution < -0.4 is 0 Å². The van der Waals surface area contributed by atoms with Crippen LogP contribution >= 0.6 is 0 Å². The highest BCUT2D eigenvalue weighted by Gasteiger charge is 2.31. The third-order valence-electron chi connectivity index (χ3n) is 1.15. The largest absolute Gasteiger partial charge is 0.303 e. The molecule has 0 N–H and O–H groups in total. The standard InChI is InChI=1S/C5H7O/c1-4-2-5(4)3-6/h2-5H,1H3. The molecule has 0 aliphatic heterocycles. The van der Waals surface area contributed by atoms with Gasteiger partial charge in [-0.05, 0) is 12.3 Å². The van der Waals surface area contributed by atoms with Gasteiger partial charge in [-0.1, -0.05) is 6.92 Å². The minimum absolute atomic E-state index is 0.296. The first-order chi connectivity index (χ1) is 2.84. The fourth-order valence-corrected chi connectivity index (χ4v) is 0.456. The van der Waals surface area contributed by atoms with E-state index in [0.717, 1.165) is 6.29 Å². The summed E-state index contributed by atoms with van der Waals surface area (Å²) < 4.78 is 0. The molecule has 0 amide bonds. The quantitative estimate of drug-likeness (QED) is 0.425. The van der Waals surface area contributed by atoms with E-state index in [4.69, 9.17) is 0 Å². The Morgan fingerprint density at radius 2 is 2.33 bits per heavy atom. The maximum atomic E-state index is 9.75. The lowest BCUT2D eigenvalue weighted by molar-refractivity contribution is -0.108. The second-order valence-corrected chi connectivity index (χ2v) is 1.76. The zero-order valence-electron chi connectivity index (χ0n) is 3.72. The molecule has 1 heteroatoms. The zero-order valence-corrected chi connectivity index (χ0v) is 3.72. The van der Waals surface area contributed by atoms with Crippen molar-refractivity contribution in [3.05, 3.63) is 6.42 Å². The minimum atomic E-state index is 0.296. The van der Waals surface area contributed by atoms with E-state index in [2.05, 4.69) is 0 Å². The fourth-order valence-electron chi connectivity index (χ4n) is 0.456. The van der Waals surface area contributed by atoms with Crippen LogP contribution in [0.2, 0.25) is 0 Å². The number of carbonyl (C=O) groups excluding carboxylic acids is 1. The van der Waals surface area contributed by atoms with Gasteiger partial charge in [0.1, 0.15) is 6.29 Å². The maximum absolute atomic E-state index is 9.75. The van der Waals surface area contributed by atoms with Crippen LogP contribution in [0.1, 0.15) is 6.92 Å². The number of hydrogen-bond acceptors (Lipinski definition) is 1. The SMILES string of the molecule is CC1[CH]C1C=O. The molecule has 2 unspecified atom stereocenters. The summed E-state index contributed by atoms with van der Waals surface area (Å²) in [5, 5.41) is 0. The monoisotopic (exact) mass is 83.0 g/mol. The number of carbonyl (C=O) groups is 1. The summed E-state index contributed by atoms with van der Waals surface area (Å²) in [5.74, 6) is 0.868. The lowest BCUT2D eigenvalue weighted by Crippen LogP contribution is -1.74. The minimum Gasteiger partial charge on any atom is -0.303 e. The average molecular weight is 83.1 g/mol. The van der Waals surface area contributed by atoms with Crippen LogP contribution in [0.5, 0.6) is 0 Å². The smallest absolute Gasteiger partial charge is 0.123 e. The van der Waals surface area contributed by atoms with E-state index in [1.807, 2.05) is 13.3 Å². The second-order valence-electron chi connectivity index (χ2n) is 1.76. The van der Waals surface area contributed by atoms with E-state index in [9.17, 15) is 4.79 Å². The molecule has 0 aromatic heterocycles. The topological polar surface area (TPSA) is 17.1 Å². The molecular weight excluding hydrogens is 76.1 g/mol. The molecular formula is C5H7O. The van der Waals surface area contributed by atoms with Crippen molar-refractivity contribution >= 4 is 6.29 Å². The Morgan fingerprint density at radius 1 is 1.83 bits per heavy atom. The summed E-state index contributed by atoms with van der Waals surface area (Å²) in [5.41, 5.74) is 0. The molecule has 1 radical (unpaired) electrons. The Hall–Kier alpha value is -0.330. The molecule has 1 nitrogen and oxygen atoms in total. The van der Waals surface area contributed by atoms with Gasteiger partial charge in [-0.2, -0.15) is 0 Å². The lowest BCUT2D eigenvalue weighted by atomic mass is 10.4. The van der Waals surface area contributed by atoms with Crippen molar-refractivity contribution in [3.8, 4) is 0 Å². The van der Waals surface area contributed by atoms with Gasteiger partial charge in [0, 0.05) is 5.92 Å². The lowest BCUT2D eigenvalue weighted by Gasteiger charge is -1.67. The van der Waals surface area contributed by atoms with Crippen LogP contribution in [0.3, 0.4) is 0 Å². The van der Waals surface area contributed by atoms with Crippen LogP contribution in [0.4, 0.5) is 0 Å². The first-order valence-corrected chi connectivity index (χ1v) is 2.15. The van der Waals surface area contributed by atoms with Crippen LogP contribution in [0.25, 0.3) is 0 Å². The molecule has 0 saturated heterocycles. The molecule has 0 heterocycles. The van der Waals surface area contributed by atoms with Crippen molar-refractivity contribution in [3.63, 3.8) is 0 Å². The van der Waals surface area contributed by atoms with Gasteiger partial charge in [0.05, 0.1) is 0 Å². The van der Waals surface area contributed by atoms with Gasteiger partial charge >= 0.3 is 0 Å². The third-order valence-corrected chi connectivity index (χ3v) is 1.15. The predicted molar refractivity (Wildman–Crippen MR) is 23.0 cm³/mol. The van der Waals surface area contributed by atoms with Crippen molar-refractivity contribution in [1.29, 1.82) is 0 Å². The first-order valence-electron chi connectivity index (χ1n) is 2.15. The van der Waals surface area contributed by atoms with Crippen molar-refractivity contribution in [1.82, 2.24) is 0 Å². The molecule has 33 valence electrons. The Labute approximate surface area is 37.4 Å². The van der Waals surface area contributed by atoms with Gasteiger partial charge in [-0.3, -0.25) is 0 Å². The highest BCUT2D eigenvalue weighted by Crippen LogP contribution is 2.33. The predicted octanol–water partition coefficient (Wildman–Crippen LogP) is 0.655. The highest BCUT2D eigenvalue weighted by molar-refractivity contribution is 5.62. The van der Waals surface area contributed by atoms with E-state index in [-0.39, 0.29) is 0 Å². The van der Waals surface area contributed by atoms with Crippen molar-refractivity contribution < 1.29 is 4.79 Å². The van der Waals surface area contributed by atoms with Gasteiger partial charge in [0.25, 0.3) is 0 Å². The summed E-state index contributed by atoms with van der Waals surface area (Å²) >= 11 is 0. The Balaban J connectivity index is 2.25. The van der Waals surface area contributed by atoms with Gasteiger partial charge < -0.3 is 4.79 Å². The van der Waals surface area contributed by atoms with Gasteiger partial charge in [0.15, 0.2) is 0 Å².